The van der Waals surface area contributed by atoms with Gasteiger partial charge in [0.1, 0.15) is 31.2 Å². The normalized spacial score (nSPS) is 14.5. The minimum absolute atomic E-state index is 0.120. The van der Waals surface area contributed by atoms with Crippen LogP contribution < -0.4 is 32.9 Å². The van der Waals surface area contributed by atoms with Crippen LogP contribution in [-0.4, -0.2) is 87.0 Å². The molecule has 3 aliphatic rings. The van der Waals surface area contributed by atoms with Gasteiger partial charge in [-0.15, -0.1) is 4.58 Å². The minimum atomic E-state index is -0.148. The molecule has 4 N–H and O–H groups in total. The van der Waals surface area contributed by atoms with Crippen molar-refractivity contribution >= 4 is 39.9 Å². The number of nitrogens with zero attached hydrogens (tertiary/aromatic N) is 4. The molecule has 12 nitrogen and oxygen atoms in total. The highest BCUT2D eigenvalue weighted by atomic mass is 16.5. The molecule has 0 saturated heterocycles. The Bertz CT molecular complexity index is 4640. The van der Waals surface area contributed by atoms with Crippen molar-refractivity contribution in [2.24, 2.45) is 0 Å². The molecule has 0 fully saturated rings. The lowest BCUT2D eigenvalue weighted by atomic mass is 9.88. The number of pyridine rings is 1. The predicted octanol–water partition coefficient (Wildman–Crippen LogP) is 15.0. The van der Waals surface area contributed by atoms with Gasteiger partial charge >= 0.3 is 5.84 Å². The topological polar surface area (TPSA) is 128 Å². The van der Waals surface area contributed by atoms with Gasteiger partial charge in [-0.1, -0.05) is 121 Å². The van der Waals surface area contributed by atoms with Crippen LogP contribution in [0.5, 0.6) is 23.0 Å². The Morgan fingerprint density at radius 3 is 1.32 bits per heavy atom. The summed E-state index contributed by atoms with van der Waals surface area (Å²) < 4.78 is 29.0. The van der Waals surface area contributed by atoms with Crippen LogP contribution in [0.25, 0.3) is 100 Å². The fourth-order valence-corrected chi connectivity index (χ4v) is 13.7. The zero-order valence-electron chi connectivity index (χ0n) is 53.4. The van der Waals surface area contributed by atoms with Crippen LogP contribution in [0.4, 0.5) is 11.5 Å². The zero-order chi connectivity index (χ0) is 64.5. The molecule has 0 aliphatic carbocycles. The summed E-state index contributed by atoms with van der Waals surface area (Å²) in [4.78, 5) is 2.27. The fraction of sp³-hybridized carbons (Fsp3) is 0.160. The smallest absolute Gasteiger partial charge is 0.386 e. The number of fused-ring (bicyclic) bond motifs is 6. The van der Waals surface area contributed by atoms with Crippen LogP contribution in [0.1, 0.15) is 33.4 Å². The number of hydrogen-bond donors (Lipinski definition) is 4. The molecular weight excluding hydrogens is 1160 g/mol. The monoisotopic (exact) mass is 1230 g/mol. The highest BCUT2D eigenvalue weighted by Gasteiger charge is 2.49. The Balaban J connectivity index is 0.000000169. The molecular formula is C81H75N4O8+3. The van der Waals surface area contributed by atoms with Crippen molar-refractivity contribution in [2.45, 2.75) is 33.0 Å². The summed E-state index contributed by atoms with van der Waals surface area (Å²) in [6.45, 7) is 1.14. The molecule has 4 heterocycles. The molecule has 0 bridgehead atoms. The van der Waals surface area contributed by atoms with Crippen molar-refractivity contribution in [3.8, 4) is 101 Å². The second-order valence-electron chi connectivity index (χ2n) is 23.9. The van der Waals surface area contributed by atoms with E-state index in [1.807, 2.05) is 60.7 Å². The number of likely N-dealkylation sites (N-methyl/N-ethyl adjacent to an activating group) is 2. The first-order chi connectivity index (χ1) is 45.4. The molecule has 0 radical (unpaired) electrons. The summed E-state index contributed by atoms with van der Waals surface area (Å²) in [6.07, 6.45) is 6.40. The van der Waals surface area contributed by atoms with Gasteiger partial charge in [0, 0.05) is 28.1 Å². The summed E-state index contributed by atoms with van der Waals surface area (Å²) in [5.74, 6) is 4.77. The van der Waals surface area contributed by atoms with Crippen LogP contribution in [-0.2, 0) is 33.0 Å². The van der Waals surface area contributed by atoms with E-state index in [-0.39, 0.29) is 26.4 Å². The molecule has 1 aromatic heterocycles. The largest absolute Gasteiger partial charge is 0.493 e. The third-order valence-corrected chi connectivity index (χ3v) is 18.4. The maximum Gasteiger partial charge on any atom is 0.386 e. The maximum absolute atomic E-state index is 10.1. The number of quaternary nitrogens is 1. The van der Waals surface area contributed by atoms with E-state index in [4.69, 9.17) is 18.9 Å². The Hall–Kier alpha value is -10.4. The van der Waals surface area contributed by atoms with Crippen LogP contribution in [0, 0.1) is 0 Å². The first-order valence-corrected chi connectivity index (χ1v) is 31.2. The average Bonchev–Trinajstić information content (AvgIpc) is 1.68. The predicted molar refractivity (Wildman–Crippen MR) is 374 cm³/mol. The third-order valence-electron chi connectivity index (χ3n) is 18.4. The summed E-state index contributed by atoms with van der Waals surface area (Å²) in [6, 6.07) is 73.7. The minimum Gasteiger partial charge on any atom is -0.493 e. The van der Waals surface area contributed by atoms with Gasteiger partial charge in [-0.3, -0.25) is 4.90 Å². The second-order valence-corrected chi connectivity index (χ2v) is 23.9. The molecule has 0 saturated carbocycles. The van der Waals surface area contributed by atoms with Crippen LogP contribution >= 0.6 is 0 Å². The molecule has 10 aromatic carbocycles. The van der Waals surface area contributed by atoms with Gasteiger partial charge in [-0.2, -0.15) is 4.48 Å². The van der Waals surface area contributed by atoms with Crippen molar-refractivity contribution in [1.82, 2.24) is 4.48 Å². The van der Waals surface area contributed by atoms with E-state index < -0.39 is 0 Å². The Morgan fingerprint density at radius 2 is 0.860 bits per heavy atom. The SMILES string of the molecule is COc1cc(-c2cc3cc(CO)c(CO)cc3[n+]3c2N(C)CC3)cc(-c2cc(-c3ccccc3)cc(-c3ccccc3)c2)c1OC.COc1cc(C2=Cc3cc(CO)c(CO)cc3[N+]3(C)C=C[N+](C)=C23)cc(-c2cc(-c3ccccc3)cc(-c3ccccc3)c2)c1OC. The number of aliphatic hydroxyl groups excluding tert-OH is 4. The van der Waals surface area contributed by atoms with Crippen molar-refractivity contribution in [3.63, 3.8) is 0 Å². The highest BCUT2D eigenvalue weighted by molar-refractivity contribution is 6.32. The summed E-state index contributed by atoms with van der Waals surface area (Å²) >= 11 is 0. The van der Waals surface area contributed by atoms with E-state index in [9.17, 15) is 20.4 Å². The van der Waals surface area contributed by atoms with Gasteiger partial charge in [0.15, 0.2) is 34.9 Å². The van der Waals surface area contributed by atoms with Crippen LogP contribution in [0.3, 0.4) is 0 Å². The summed E-state index contributed by atoms with van der Waals surface area (Å²) in [5, 5.41) is 41.3. The van der Waals surface area contributed by atoms with E-state index in [2.05, 4.69) is 205 Å². The van der Waals surface area contributed by atoms with E-state index in [1.165, 1.54) is 0 Å². The number of aliphatic hydroxyl groups is 4. The summed E-state index contributed by atoms with van der Waals surface area (Å²) in [5.41, 5.74) is 22.9. The van der Waals surface area contributed by atoms with Gasteiger partial charge < -0.3 is 39.4 Å². The molecule has 3 aliphatic heterocycles. The number of aromatic nitrogens is 1. The number of hydrogen-bond acceptors (Lipinski definition) is 9. The Kier molecular flexibility index (Phi) is 17.2. The lowest BCUT2D eigenvalue weighted by molar-refractivity contribution is -0.644. The molecule has 93 heavy (non-hydrogen) atoms. The zero-order valence-corrected chi connectivity index (χ0v) is 53.4. The first-order valence-electron chi connectivity index (χ1n) is 31.2. The quantitative estimate of drug-likeness (QED) is 0.0552. The summed E-state index contributed by atoms with van der Waals surface area (Å²) in [7, 11) is 13.0. The third kappa shape index (κ3) is 11.4. The lowest BCUT2D eigenvalue weighted by Gasteiger charge is -2.30. The fourth-order valence-electron chi connectivity index (χ4n) is 13.7. The van der Waals surface area contributed by atoms with E-state index in [0.29, 0.717) is 33.0 Å². The van der Waals surface area contributed by atoms with Gasteiger partial charge in [-0.05, 0) is 180 Å². The molecule has 11 aromatic rings. The molecule has 0 spiro atoms. The van der Waals surface area contributed by atoms with E-state index >= 15 is 0 Å². The number of ether oxygens (including phenoxy) is 4. The molecule has 14 rings (SSSR count). The molecule has 1 unspecified atom stereocenters. The van der Waals surface area contributed by atoms with E-state index in [1.54, 1.807) is 28.4 Å². The Labute approximate surface area is 543 Å². The molecule has 0 amide bonds. The average molecular weight is 1230 g/mol. The molecule has 12 heteroatoms. The number of anilines is 1. The highest BCUT2D eigenvalue weighted by Crippen LogP contribution is 2.49. The van der Waals surface area contributed by atoms with Crippen molar-refractivity contribution in [2.75, 3.05) is 61.0 Å². The van der Waals surface area contributed by atoms with Crippen LogP contribution in [0.2, 0.25) is 0 Å². The number of amidine groups is 1. The first kappa shape index (κ1) is 61.4. The molecule has 1 atom stereocenters. The van der Waals surface area contributed by atoms with Crippen LogP contribution in [0.15, 0.2) is 225 Å². The van der Waals surface area contributed by atoms with Gasteiger partial charge in [0.25, 0.3) is 5.82 Å². The number of methoxy groups -OCH3 is 4. The lowest BCUT2D eigenvalue weighted by Crippen LogP contribution is -2.48. The van der Waals surface area contributed by atoms with Gasteiger partial charge in [0.2, 0.25) is 6.20 Å². The van der Waals surface area contributed by atoms with Crippen molar-refractivity contribution < 1.29 is 48.5 Å². The van der Waals surface area contributed by atoms with Gasteiger partial charge in [0.05, 0.1) is 74.5 Å². The maximum atomic E-state index is 10.1. The molecule has 464 valence electrons. The van der Waals surface area contributed by atoms with Gasteiger partial charge in [-0.25, -0.2) is 4.57 Å². The Morgan fingerprint density at radius 1 is 0.441 bits per heavy atom. The number of benzene rings is 10. The standard InChI is InChI=1S/C41H38N2O4.C40H37N2O4/c1-42-15-16-43(2)38-23-35(26-45)34(25-44)20-33(38)22-37(41(42)43)32-21-36(40(47-4)39(24-32)46-3)31-18-29(27-11-7-5-8-12-27)17-30(19-31)28-13-9-6-10-14-28;1-41-14-15-42-37-22-34(25-44)33(24-43)19-32(37)21-36(40(41)42)31-20-35(39(46-3)38(23-31)45-2)30-17-28(26-10-6-4-7-11-26)16-29(18-30)27-12-8-5-9-13-27/h5-24,44-45H,25-26H2,1-4H3;4-13,16-23,43-44H,14-15,24-25H2,1-3H3/q+2;+1. The second kappa shape index (κ2) is 26.0. The van der Waals surface area contributed by atoms with Crippen molar-refractivity contribution in [1.29, 1.82) is 0 Å². The number of rotatable bonds is 16. The van der Waals surface area contributed by atoms with Crippen molar-refractivity contribution in [3.05, 3.63) is 258 Å². The van der Waals surface area contributed by atoms with E-state index in [0.717, 1.165) is 153 Å².